The Morgan fingerprint density at radius 1 is 1.47 bits per heavy atom. The van der Waals surface area contributed by atoms with Gasteiger partial charge in [-0.15, -0.1) is 0 Å². The fourth-order valence-corrected chi connectivity index (χ4v) is 1.67. The Bertz CT molecular complexity index is 287. The van der Waals surface area contributed by atoms with Crippen molar-refractivity contribution in [1.82, 2.24) is 4.90 Å². The van der Waals surface area contributed by atoms with Crippen LogP contribution in [0.15, 0.2) is 0 Å². The van der Waals surface area contributed by atoms with Gasteiger partial charge >= 0.3 is 0 Å². The maximum absolute atomic E-state index is 9.49. The maximum atomic E-state index is 9.49. The summed E-state index contributed by atoms with van der Waals surface area (Å²) in [5, 5.41) is 9.49. The first-order valence-electron chi connectivity index (χ1n) is 5.04. The van der Waals surface area contributed by atoms with Crippen LogP contribution in [0.1, 0.15) is 19.8 Å². The van der Waals surface area contributed by atoms with E-state index in [0.29, 0.717) is 6.42 Å². The summed E-state index contributed by atoms with van der Waals surface area (Å²) in [6.45, 7) is 1.80. The highest BCUT2D eigenvalue weighted by Crippen LogP contribution is 2.10. The van der Waals surface area contributed by atoms with E-state index in [1.54, 1.807) is 6.92 Å². The van der Waals surface area contributed by atoms with Crippen molar-refractivity contribution in [3.05, 3.63) is 0 Å². The molecule has 0 aliphatic carbocycles. The van der Waals surface area contributed by atoms with Crippen LogP contribution in [0.2, 0.25) is 0 Å². The minimum atomic E-state index is -0.961. The zero-order chi connectivity index (χ0) is 14.0. The van der Waals surface area contributed by atoms with Gasteiger partial charge in [0.1, 0.15) is 18.4 Å². The van der Waals surface area contributed by atoms with E-state index in [1.165, 1.54) is 11.8 Å². The third-order valence-electron chi connectivity index (χ3n) is 1.38. The number of hydrogen-bond acceptors (Lipinski definition) is 4. The number of nitrogens with zero attached hydrogens (tertiary/aromatic N) is 2. The van der Waals surface area contributed by atoms with Gasteiger partial charge in [0.2, 0.25) is 0 Å². The molecule has 0 saturated carbocycles. The van der Waals surface area contributed by atoms with Crippen LogP contribution in [-0.2, 0) is 4.79 Å². The van der Waals surface area contributed by atoms with Crippen LogP contribution in [0.4, 0.5) is 0 Å². The van der Waals surface area contributed by atoms with Crippen LogP contribution in [0.3, 0.4) is 0 Å². The normalized spacial score (nSPS) is 8.82. The van der Waals surface area contributed by atoms with Crippen molar-refractivity contribution < 1.29 is 14.5 Å². The molecule has 17 heavy (non-hydrogen) atoms. The second kappa shape index (κ2) is 10.9. The maximum Gasteiger partial charge on any atom is 0.273 e. The van der Waals surface area contributed by atoms with E-state index < -0.39 is 5.97 Å². The molecule has 0 unspecified atom stereocenters. The lowest BCUT2D eigenvalue weighted by molar-refractivity contribution is -0.458. The first-order chi connectivity index (χ1) is 7.72. The molecule has 0 aromatic rings. The molecular formula is C10H20N2O2S3. The van der Waals surface area contributed by atoms with E-state index in [4.69, 9.17) is 12.2 Å². The van der Waals surface area contributed by atoms with Crippen molar-refractivity contribution >= 4 is 51.3 Å². The van der Waals surface area contributed by atoms with E-state index in [9.17, 15) is 9.90 Å². The van der Waals surface area contributed by atoms with Crippen LogP contribution >= 0.6 is 36.6 Å². The molecule has 0 aromatic heterocycles. The molecule has 0 fully saturated rings. The molecule has 0 radical (unpaired) electrons. The van der Waals surface area contributed by atoms with E-state index in [1.807, 2.05) is 37.7 Å². The molecular weight excluding hydrogens is 276 g/mol. The molecule has 0 heterocycles. The fraction of sp³-hybridized carbons (Fsp3) is 0.700. The summed E-state index contributed by atoms with van der Waals surface area (Å²) in [5.74, 6) is -0.961. The number of rotatable bonds is 2. The van der Waals surface area contributed by atoms with E-state index >= 15 is 0 Å². The lowest BCUT2D eigenvalue weighted by Gasteiger charge is -2.10. The van der Waals surface area contributed by atoms with Crippen LogP contribution in [0, 0.1) is 0 Å². The largest absolute Gasteiger partial charge is 0.550 e. The topological polar surface area (TPSA) is 46.4 Å². The molecule has 0 bridgehead atoms. The summed E-state index contributed by atoms with van der Waals surface area (Å²) in [6.07, 6.45) is 0.850. The molecule has 0 aliphatic rings. The average molecular weight is 296 g/mol. The number of carbonyl (C=O) groups is 1. The zero-order valence-electron chi connectivity index (χ0n) is 10.9. The smallest absolute Gasteiger partial charge is 0.273 e. The minimum Gasteiger partial charge on any atom is -0.550 e. The number of hydrogen-bond donors (Lipinski definition) is 1. The molecule has 0 N–H and O–H groups in total. The van der Waals surface area contributed by atoms with Crippen molar-refractivity contribution in [2.75, 3.05) is 28.2 Å². The molecule has 0 aromatic carbocycles. The molecule has 0 atom stereocenters. The lowest BCUT2D eigenvalue weighted by atomic mass is 10.4. The Hall–Kier alpha value is -0.270. The Balaban J connectivity index is 0. The fourth-order valence-electron chi connectivity index (χ4n) is 0.465. The van der Waals surface area contributed by atoms with Crippen LogP contribution in [0.25, 0.3) is 0 Å². The van der Waals surface area contributed by atoms with Gasteiger partial charge in [-0.3, -0.25) is 0 Å². The van der Waals surface area contributed by atoms with Gasteiger partial charge in [0.05, 0.1) is 0 Å². The van der Waals surface area contributed by atoms with Crippen LogP contribution in [0.5, 0.6) is 0 Å². The van der Waals surface area contributed by atoms with E-state index in [-0.39, 0.29) is 6.42 Å². The minimum absolute atomic E-state index is 0.181. The molecule has 0 spiro atoms. The van der Waals surface area contributed by atoms with Gasteiger partial charge in [-0.2, -0.15) is 0 Å². The first-order valence-corrected chi connectivity index (χ1v) is 6.71. The Morgan fingerprint density at radius 3 is 2.12 bits per heavy atom. The number of carboxylic acids is 1. The highest BCUT2D eigenvalue weighted by Gasteiger charge is 2.08. The van der Waals surface area contributed by atoms with Gasteiger partial charge in [0.25, 0.3) is 4.38 Å². The second-order valence-corrected chi connectivity index (χ2v) is 5.91. The molecule has 0 saturated heterocycles. The third kappa shape index (κ3) is 13.7. The van der Waals surface area contributed by atoms with Gasteiger partial charge < -0.3 is 14.8 Å². The summed E-state index contributed by atoms with van der Waals surface area (Å²) in [5.41, 5.74) is 0. The number of carbonyl (C=O) groups excluding carboxylic acids is 1. The summed E-state index contributed by atoms with van der Waals surface area (Å²) < 4.78 is 3.65. The number of thiol groups is 1. The predicted molar refractivity (Wildman–Crippen MR) is 79.9 cm³/mol. The SMILES string of the molecule is CCCC(=O)[O-].CN(C)C(=S)SC(S)=[N+](C)C. The summed E-state index contributed by atoms with van der Waals surface area (Å²) in [4.78, 5) is 11.4. The van der Waals surface area contributed by atoms with E-state index in [0.717, 1.165) is 8.70 Å². The number of thioether (sulfide) groups is 1. The van der Waals surface area contributed by atoms with Crippen LogP contribution in [-0.4, -0.2) is 52.3 Å². The molecule has 0 amide bonds. The predicted octanol–water partition coefficient (Wildman–Crippen LogP) is 0.660. The van der Waals surface area contributed by atoms with Crippen molar-refractivity contribution in [2.24, 2.45) is 0 Å². The Kier molecular flexibility index (Phi) is 12.2. The number of carboxylic acid groups (broad SMARTS) is 1. The molecule has 4 nitrogen and oxygen atoms in total. The van der Waals surface area contributed by atoms with Gasteiger partial charge in [0.15, 0.2) is 0 Å². The van der Waals surface area contributed by atoms with Gasteiger partial charge in [-0.05, 0) is 6.42 Å². The van der Waals surface area contributed by atoms with E-state index in [2.05, 4.69) is 12.6 Å². The third-order valence-corrected chi connectivity index (χ3v) is 3.76. The molecule has 7 heteroatoms. The zero-order valence-corrected chi connectivity index (χ0v) is 13.4. The quantitative estimate of drug-likeness (QED) is 0.267. The van der Waals surface area contributed by atoms with Crippen molar-refractivity contribution in [3.8, 4) is 0 Å². The first kappa shape index (κ1) is 19.1. The molecule has 0 rings (SSSR count). The number of aliphatic carboxylic acids is 1. The number of thiocarbonyl (C=S) groups is 1. The van der Waals surface area contributed by atoms with Crippen molar-refractivity contribution in [3.63, 3.8) is 0 Å². The monoisotopic (exact) mass is 296 g/mol. The van der Waals surface area contributed by atoms with Gasteiger partial charge in [-0.1, -0.05) is 38.2 Å². The van der Waals surface area contributed by atoms with Crippen molar-refractivity contribution in [1.29, 1.82) is 0 Å². The summed E-state index contributed by atoms with van der Waals surface area (Å²) in [6, 6.07) is 0. The van der Waals surface area contributed by atoms with Gasteiger partial charge in [-0.25, -0.2) is 4.58 Å². The standard InChI is InChI=1S/C6H12N2S3.C4H8O2/c1-7(2)5(9)11-6(10)8(3)4;1-2-3-4(5)6/h1-4H3;2-3H2,1H3,(H,5,6). The summed E-state index contributed by atoms with van der Waals surface area (Å²) >= 11 is 10.8. The lowest BCUT2D eigenvalue weighted by Crippen LogP contribution is -2.20. The average Bonchev–Trinajstić information content (AvgIpc) is 2.17. The highest BCUT2D eigenvalue weighted by molar-refractivity contribution is 8.43. The van der Waals surface area contributed by atoms with Crippen LogP contribution < -0.4 is 5.11 Å². The highest BCUT2D eigenvalue weighted by atomic mass is 32.2. The van der Waals surface area contributed by atoms with Gasteiger partial charge in [0, 0.05) is 31.8 Å². The molecule has 100 valence electrons. The Labute approximate surface area is 118 Å². The summed E-state index contributed by atoms with van der Waals surface area (Å²) in [7, 11) is 7.72. The second-order valence-electron chi connectivity index (χ2n) is 3.56. The Morgan fingerprint density at radius 2 is 1.94 bits per heavy atom. The molecule has 0 aliphatic heterocycles. The van der Waals surface area contributed by atoms with Crippen molar-refractivity contribution in [2.45, 2.75) is 19.8 Å².